The first kappa shape index (κ1) is 14.8. The van der Waals surface area contributed by atoms with Crippen molar-refractivity contribution in [2.45, 2.75) is 36.6 Å². The third kappa shape index (κ3) is 4.52. The van der Waals surface area contributed by atoms with E-state index in [0.717, 1.165) is 17.7 Å². The van der Waals surface area contributed by atoms with Crippen LogP contribution in [-0.4, -0.2) is 33.8 Å². The van der Waals surface area contributed by atoms with Crippen LogP contribution in [0.1, 0.15) is 25.7 Å². The number of aliphatic carboxylic acids is 1. The summed E-state index contributed by atoms with van der Waals surface area (Å²) in [5, 5.41) is 11.9. The number of hydrogen-bond acceptors (Lipinski definition) is 4. The highest BCUT2D eigenvalue weighted by Crippen LogP contribution is 2.24. The lowest BCUT2D eigenvalue weighted by Gasteiger charge is -2.26. The van der Waals surface area contributed by atoms with Crippen LogP contribution in [0.5, 0.6) is 0 Å². The molecule has 1 aliphatic carbocycles. The second-order valence-corrected chi connectivity index (χ2v) is 5.97. The Morgan fingerprint density at radius 3 is 2.50 bits per heavy atom. The number of thioether (sulfide) groups is 1. The van der Waals surface area contributed by atoms with Gasteiger partial charge in [0, 0.05) is 23.3 Å². The second kappa shape index (κ2) is 7.28. The third-order valence-electron chi connectivity index (χ3n) is 3.46. The van der Waals surface area contributed by atoms with E-state index < -0.39 is 5.97 Å². The number of amides is 1. The van der Waals surface area contributed by atoms with Crippen molar-refractivity contribution >= 4 is 23.6 Å². The molecule has 0 bridgehead atoms. The van der Waals surface area contributed by atoms with Gasteiger partial charge in [0.1, 0.15) is 0 Å². The van der Waals surface area contributed by atoms with E-state index in [2.05, 4.69) is 10.3 Å². The molecule has 1 aliphatic rings. The van der Waals surface area contributed by atoms with Gasteiger partial charge in [0.25, 0.3) is 0 Å². The van der Waals surface area contributed by atoms with E-state index in [9.17, 15) is 9.59 Å². The predicted octanol–water partition coefficient (Wildman–Crippen LogP) is 1.93. The molecule has 0 aromatic carbocycles. The van der Waals surface area contributed by atoms with Gasteiger partial charge in [-0.25, -0.2) is 0 Å². The first-order valence-electron chi connectivity index (χ1n) is 6.70. The Morgan fingerprint density at radius 1 is 1.25 bits per heavy atom. The Labute approximate surface area is 122 Å². The molecule has 0 unspecified atom stereocenters. The minimum atomic E-state index is -0.719. The largest absolute Gasteiger partial charge is 0.481 e. The summed E-state index contributed by atoms with van der Waals surface area (Å²) < 4.78 is 0. The average Bonchev–Trinajstić information content (AvgIpc) is 2.47. The Hall–Kier alpha value is -1.56. The van der Waals surface area contributed by atoms with Gasteiger partial charge in [-0.2, -0.15) is 0 Å². The molecule has 1 aromatic rings. The molecule has 1 heterocycles. The quantitative estimate of drug-likeness (QED) is 0.811. The van der Waals surface area contributed by atoms with Gasteiger partial charge in [0.05, 0.1) is 11.7 Å². The van der Waals surface area contributed by atoms with Crippen LogP contribution in [0.2, 0.25) is 0 Å². The van der Waals surface area contributed by atoms with Gasteiger partial charge >= 0.3 is 5.97 Å². The van der Waals surface area contributed by atoms with Crippen LogP contribution >= 0.6 is 11.8 Å². The number of carbonyl (C=O) groups is 2. The maximum atomic E-state index is 11.8. The molecule has 1 saturated carbocycles. The lowest BCUT2D eigenvalue weighted by atomic mass is 9.86. The van der Waals surface area contributed by atoms with E-state index in [1.807, 2.05) is 12.1 Å². The Bertz CT molecular complexity index is 459. The van der Waals surface area contributed by atoms with E-state index in [1.54, 1.807) is 12.4 Å². The average molecular weight is 294 g/mol. The molecule has 5 nitrogen and oxygen atoms in total. The summed E-state index contributed by atoms with van der Waals surface area (Å²) in [4.78, 5) is 27.6. The van der Waals surface area contributed by atoms with E-state index in [0.29, 0.717) is 18.6 Å². The lowest BCUT2D eigenvalue weighted by molar-refractivity contribution is -0.142. The van der Waals surface area contributed by atoms with Crippen molar-refractivity contribution in [1.29, 1.82) is 0 Å². The molecule has 0 aliphatic heterocycles. The van der Waals surface area contributed by atoms with Gasteiger partial charge in [-0.15, -0.1) is 11.8 Å². The van der Waals surface area contributed by atoms with Gasteiger partial charge < -0.3 is 10.4 Å². The molecule has 2 rings (SSSR count). The first-order valence-corrected chi connectivity index (χ1v) is 7.68. The number of carbonyl (C=O) groups excluding carboxylic acids is 1. The second-order valence-electron chi connectivity index (χ2n) is 4.93. The lowest BCUT2D eigenvalue weighted by Crippen LogP contribution is -2.39. The Morgan fingerprint density at radius 2 is 1.90 bits per heavy atom. The highest BCUT2D eigenvalue weighted by atomic mass is 32.2. The molecule has 6 heteroatoms. The molecular weight excluding hydrogens is 276 g/mol. The summed E-state index contributed by atoms with van der Waals surface area (Å²) >= 11 is 1.48. The van der Waals surface area contributed by atoms with Crippen molar-refractivity contribution in [3.05, 3.63) is 24.5 Å². The van der Waals surface area contributed by atoms with Crippen molar-refractivity contribution in [3.8, 4) is 0 Å². The van der Waals surface area contributed by atoms with Crippen molar-refractivity contribution in [3.63, 3.8) is 0 Å². The molecule has 0 saturated heterocycles. The zero-order valence-electron chi connectivity index (χ0n) is 11.1. The van der Waals surface area contributed by atoms with Gasteiger partial charge in [-0.3, -0.25) is 14.6 Å². The number of rotatable bonds is 5. The fourth-order valence-electron chi connectivity index (χ4n) is 2.34. The van der Waals surface area contributed by atoms with E-state index in [1.165, 1.54) is 11.8 Å². The van der Waals surface area contributed by atoms with Crippen LogP contribution in [0.25, 0.3) is 0 Å². The van der Waals surface area contributed by atoms with Crippen LogP contribution in [0.3, 0.4) is 0 Å². The van der Waals surface area contributed by atoms with Crippen LogP contribution in [0, 0.1) is 5.92 Å². The molecule has 0 radical (unpaired) electrons. The minimum Gasteiger partial charge on any atom is -0.481 e. The minimum absolute atomic E-state index is 0.00517. The number of nitrogens with one attached hydrogen (secondary N) is 1. The Kier molecular flexibility index (Phi) is 5.40. The smallest absolute Gasteiger partial charge is 0.306 e. The fourth-order valence-corrected chi connectivity index (χ4v) is 3.03. The van der Waals surface area contributed by atoms with Gasteiger partial charge in [0.2, 0.25) is 5.91 Å². The van der Waals surface area contributed by atoms with Gasteiger partial charge in [-0.1, -0.05) is 0 Å². The summed E-state index contributed by atoms with van der Waals surface area (Å²) in [6, 6.07) is 3.86. The molecular formula is C14H18N2O3S. The summed E-state index contributed by atoms with van der Waals surface area (Å²) in [5.41, 5.74) is 0. The van der Waals surface area contributed by atoms with Crippen LogP contribution < -0.4 is 5.32 Å². The first-order chi connectivity index (χ1) is 9.65. The molecule has 1 fully saturated rings. The summed E-state index contributed by atoms with van der Waals surface area (Å²) in [5.74, 6) is -0.578. The zero-order valence-corrected chi connectivity index (χ0v) is 11.9. The number of carboxylic acids is 1. The third-order valence-corrected chi connectivity index (χ3v) is 4.47. The summed E-state index contributed by atoms with van der Waals surface area (Å²) in [7, 11) is 0. The standard InChI is InChI=1S/C14H18N2O3S/c17-13(9-20-12-5-7-15-8-6-12)16-11-3-1-10(2-4-11)14(18)19/h5-8,10-11H,1-4,9H2,(H,16,17)(H,18,19). The van der Waals surface area contributed by atoms with Crippen molar-refractivity contribution in [1.82, 2.24) is 10.3 Å². The van der Waals surface area contributed by atoms with Gasteiger partial charge in [-0.05, 0) is 37.8 Å². The number of hydrogen-bond donors (Lipinski definition) is 2. The van der Waals surface area contributed by atoms with Crippen molar-refractivity contribution in [2.75, 3.05) is 5.75 Å². The zero-order chi connectivity index (χ0) is 14.4. The molecule has 1 aromatic heterocycles. The highest BCUT2D eigenvalue weighted by molar-refractivity contribution is 8.00. The van der Waals surface area contributed by atoms with E-state index in [4.69, 9.17) is 5.11 Å². The fraction of sp³-hybridized carbons (Fsp3) is 0.500. The normalized spacial score (nSPS) is 22.2. The molecule has 0 spiro atoms. The molecule has 108 valence electrons. The number of aromatic nitrogens is 1. The van der Waals surface area contributed by atoms with Crippen LogP contribution in [-0.2, 0) is 9.59 Å². The number of nitrogens with zero attached hydrogens (tertiary/aromatic N) is 1. The number of pyridine rings is 1. The maximum absolute atomic E-state index is 11.8. The highest BCUT2D eigenvalue weighted by Gasteiger charge is 2.26. The van der Waals surface area contributed by atoms with Gasteiger partial charge in [0.15, 0.2) is 0 Å². The summed E-state index contributed by atoms with van der Waals surface area (Å²) in [6.07, 6.45) is 6.21. The van der Waals surface area contributed by atoms with E-state index >= 15 is 0 Å². The molecule has 0 atom stereocenters. The van der Waals surface area contributed by atoms with Crippen molar-refractivity contribution < 1.29 is 14.7 Å². The predicted molar refractivity (Wildman–Crippen MR) is 76.5 cm³/mol. The number of carboxylic acid groups (broad SMARTS) is 1. The van der Waals surface area contributed by atoms with Crippen LogP contribution in [0.4, 0.5) is 0 Å². The molecule has 1 amide bonds. The Balaban J connectivity index is 1.69. The molecule has 20 heavy (non-hydrogen) atoms. The van der Waals surface area contributed by atoms with Crippen molar-refractivity contribution in [2.24, 2.45) is 5.92 Å². The van der Waals surface area contributed by atoms with E-state index in [-0.39, 0.29) is 17.9 Å². The monoisotopic (exact) mass is 294 g/mol. The SMILES string of the molecule is O=C(CSc1ccncc1)NC1CCC(C(=O)O)CC1. The maximum Gasteiger partial charge on any atom is 0.306 e. The summed E-state index contributed by atoms with van der Waals surface area (Å²) in [6.45, 7) is 0. The van der Waals surface area contributed by atoms with Crippen LogP contribution in [0.15, 0.2) is 29.4 Å². The topological polar surface area (TPSA) is 79.3 Å². The molecule has 2 N–H and O–H groups in total.